The van der Waals surface area contributed by atoms with Gasteiger partial charge in [-0.15, -0.1) is 0 Å². The lowest BCUT2D eigenvalue weighted by Crippen LogP contribution is -2.63. The summed E-state index contributed by atoms with van der Waals surface area (Å²) in [6.45, 7) is 14.9. The summed E-state index contributed by atoms with van der Waals surface area (Å²) < 4.78 is 6.06. The highest BCUT2D eigenvalue weighted by Gasteiger charge is 2.50. The van der Waals surface area contributed by atoms with Crippen molar-refractivity contribution in [3.05, 3.63) is 0 Å². The minimum absolute atomic E-state index is 0.285. The van der Waals surface area contributed by atoms with Gasteiger partial charge in [-0.25, -0.2) is 0 Å². The Bertz CT molecular complexity index is 308. The highest BCUT2D eigenvalue weighted by atomic mass is 16.5. The zero-order chi connectivity index (χ0) is 14.3. The molecule has 19 heavy (non-hydrogen) atoms. The summed E-state index contributed by atoms with van der Waals surface area (Å²) in [4.78, 5) is 0. The van der Waals surface area contributed by atoms with Crippen molar-refractivity contribution in [1.82, 2.24) is 5.32 Å². The number of ether oxygens (including phenoxy) is 1. The summed E-state index contributed by atoms with van der Waals surface area (Å²) in [6.07, 6.45) is 5.72. The maximum Gasteiger partial charge on any atom is 0.0656 e. The topological polar surface area (TPSA) is 21.3 Å². The lowest BCUT2D eigenvalue weighted by molar-refractivity contribution is -0.127. The van der Waals surface area contributed by atoms with E-state index < -0.39 is 0 Å². The van der Waals surface area contributed by atoms with Crippen LogP contribution in [-0.2, 0) is 4.74 Å². The van der Waals surface area contributed by atoms with E-state index in [1.165, 1.54) is 25.7 Å². The van der Waals surface area contributed by atoms with Gasteiger partial charge in [-0.3, -0.25) is 0 Å². The summed E-state index contributed by atoms with van der Waals surface area (Å²) in [7, 11) is 0. The van der Waals surface area contributed by atoms with Crippen LogP contribution in [-0.4, -0.2) is 24.8 Å². The first-order valence-corrected chi connectivity index (χ1v) is 8.11. The van der Waals surface area contributed by atoms with Gasteiger partial charge in [-0.05, 0) is 30.6 Å². The Labute approximate surface area is 119 Å². The molecule has 0 radical (unpaired) electrons. The molecule has 2 aliphatic rings. The molecule has 2 aliphatic carbocycles. The molecule has 0 saturated heterocycles. The summed E-state index contributed by atoms with van der Waals surface area (Å²) in [6, 6.07) is 1.33. The van der Waals surface area contributed by atoms with E-state index in [1.54, 1.807) is 0 Å². The summed E-state index contributed by atoms with van der Waals surface area (Å²) in [5.41, 5.74) is 0.757. The zero-order valence-electron chi connectivity index (χ0n) is 13.8. The Hall–Kier alpha value is -0.0800. The van der Waals surface area contributed by atoms with Crippen LogP contribution in [0, 0.1) is 16.7 Å². The number of rotatable bonds is 5. The van der Waals surface area contributed by atoms with Crippen LogP contribution in [0.15, 0.2) is 0 Å². The van der Waals surface area contributed by atoms with Crippen LogP contribution in [0.2, 0.25) is 0 Å². The van der Waals surface area contributed by atoms with Crippen LogP contribution >= 0.6 is 0 Å². The quantitative estimate of drug-likeness (QED) is 0.813. The van der Waals surface area contributed by atoms with Crippen molar-refractivity contribution in [1.29, 1.82) is 0 Å². The summed E-state index contributed by atoms with van der Waals surface area (Å²) in [5.74, 6) is 0.636. The van der Waals surface area contributed by atoms with Crippen molar-refractivity contribution in [2.45, 2.75) is 85.4 Å². The fourth-order valence-electron chi connectivity index (χ4n) is 3.64. The molecule has 1 N–H and O–H groups in total. The Morgan fingerprint density at radius 1 is 1.16 bits per heavy atom. The Morgan fingerprint density at radius 2 is 1.84 bits per heavy atom. The van der Waals surface area contributed by atoms with Crippen LogP contribution in [0.4, 0.5) is 0 Å². The zero-order valence-corrected chi connectivity index (χ0v) is 13.8. The Morgan fingerprint density at radius 3 is 2.32 bits per heavy atom. The molecule has 0 aromatic heterocycles. The molecule has 2 rings (SSSR count). The van der Waals surface area contributed by atoms with Gasteiger partial charge in [0.1, 0.15) is 0 Å². The molecular formula is C17H33NO. The monoisotopic (exact) mass is 267 g/mol. The lowest BCUT2D eigenvalue weighted by atomic mass is 9.64. The van der Waals surface area contributed by atoms with Gasteiger partial charge in [0.2, 0.25) is 0 Å². The second-order valence-electron chi connectivity index (χ2n) is 8.43. The van der Waals surface area contributed by atoms with E-state index in [1.807, 2.05) is 0 Å². The van der Waals surface area contributed by atoms with Gasteiger partial charge < -0.3 is 10.1 Å². The van der Waals surface area contributed by atoms with E-state index >= 15 is 0 Å². The Balaban J connectivity index is 1.84. The third-order valence-corrected chi connectivity index (χ3v) is 5.47. The van der Waals surface area contributed by atoms with Crippen LogP contribution < -0.4 is 5.32 Å². The lowest BCUT2D eigenvalue weighted by Gasteiger charge is -2.54. The van der Waals surface area contributed by atoms with Gasteiger partial charge in [-0.1, -0.05) is 48.0 Å². The van der Waals surface area contributed by atoms with Gasteiger partial charge in [0.05, 0.1) is 6.10 Å². The maximum absolute atomic E-state index is 6.06. The molecule has 3 atom stereocenters. The van der Waals surface area contributed by atoms with Crippen molar-refractivity contribution in [3.63, 3.8) is 0 Å². The third kappa shape index (κ3) is 3.16. The molecule has 2 saturated carbocycles. The minimum Gasteiger partial charge on any atom is -0.377 e. The van der Waals surface area contributed by atoms with Crippen molar-refractivity contribution in [2.75, 3.05) is 6.61 Å². The fraction of sp³-hybridized carbons (Fsp3) is 1.00. The molecule has 112 valence electrons. The van der Waals surface area contributed by atoms with Gasteiger partial charge in [-0.2, -0.15) is 0 Å². The predicted molar refractivity (Wildman–Crippen MR) is 81.3 cm³/mol. The minimum atomic E-state index is 0.285. The van der Waals surface area contributed by atoms with Crippen LogP contribution in [0.3, 0.4) is 0 Å². The molecule has 3 unspecified atom stereocenters. The largest absolute Gasteiger partial charge is 0.377 e. The van der Waals surface area contributed by atoms with E-state index in [0.29, 0.717) is 29.5 Å². The molecule has 2 heteroatoms. The highest BCUT2D eigenvalue weighted by Crippen LogP contribution is 2.45. The molecule has 0 heterocycles. The fourth-order valence-corrected chi connectivity index (χ4v) is 3.64. The first-order chi connectivity index (χ1) is 8.73. The first kappa shape index (κ1) is 15.3. The number of nitrogens with one attached hydrogen (secondary N) is 1. The van der Waals surface area contributed by atoms with Crippen LogP contribution in [0.25, 0.3) is 0 Å². The maximum atomic E-state index is 6.06. The van der Waals surface area contributed by atoms with Gasteiger partial charge in [0.25, 0.3) is 0 Å². The Kier molecular flexibility index (Phi) is 4.32. The summed E-state index contributed by atoms with van der Waals surface area (Å²) in [5, 5.41) is 3.93. The van der Waals surface area contributed by atoms with E-state index in [0.717, 1.165) is 6.61 Å². The van der Waals surface area contributed by atoms with Crippen molar-refractivity contribution >= 4 is 0 Å². The highest BCUT2D eigenvalue weighted by molar-refractivity contribution is 5.05. The molecule has 0 aliphatic heterocycles. The normalized spacial score (nSPS) is 36.5. The van der Waals surface area contributed by atoms with E-state index in [-0.39, 0.29) is 5.41 Å². The van der Waals surface area contributed by atoms with E-state index in [2.05, 4.69) is 46.9 Å². The molecule has 2 nitrogen and oxygen atoms in total. The van der Waals surface area contributed by atoms with Crippen molar-refractivity contribution in [3.8, 4) is 0 Å². The van der Waals surface area contributed by atoms with Gasteiger partial charge in [0.15, 0.2) is 0 Å². The third-order valence-electron chi connectivity index (χ3n) is 5.47. The molecule has 0 aromatic carbocycles. The van der Waals surface area contributed by atoms with Crippen LogP contribution in [0.5, 0.6) is 0 Å². The number of hydrogen-bond donors (Lipinski definition) is 1. The summed E-state index contributed by atoms with van der Waals surface area (Å²) >= 11 is 0. The van der Waals surface area contributed by atoms with Crippen molar-refractivity contribution in [2.24, 2.45) is 16.7 Å². The molecule has 0 aromatic rings. The number of hydrogen-bond acceptors (Lipinski definition) is 2. The second-order valence-corrected chi connectivity index (χ2v) is 8.43. The average molecular weight is 267 g/mol. The SMILES string of the molecule is CC(C)COC1CC(NC2CCCC2(C)C)C1(C)C. The smallest absolute Gasteiger partial charge is 0.0656 e. The first-order valence-electron chi connectivity index (χ1n) is 8.11. The molecule has 0 bridgehead atoms. The van der Waals surface area contributed by atoms with Gasteiger partial charge >= 0.3 is 0 Å². The molecule has 0 spiro atoms. The van der Waals surface area contributed by atoms with Crippen LogP contribution in [0.1, 0.15) is 67.2 Å². The molecular weight excluding hydrogens is 234 g/mol. The average Bonchev–Trinajstić information content (AvgIpc) is 2.61. The second kappa shape index (κ2) is 5.37. The molecule has 2 fully saturated rings. The van der Waals surface area contributed by atoms with E-state index in [4.69, 9.17) is 4.74 Å². The van der Waals surface area contributed by atoms with Gasteiger partial charge in [0, 0.05) is 24.1 Å². The van der Waals surface area contributed by atoms with Crippen molar-refractivity contribution < 1.29 is 4.74 Å². The predicted octanol–water partition coefficient (Wildman–Crippen LogP) is 3.99. The standard InChI is InChI=1S/C17H33NO/c1-12(2)11-19-15-10-14(17(15,5)6)18-13-8-7-9-16(13,3)4/h12-15,18H,7-11H2,1-6H3. The molecule has 0 amide bonds. The van der Waals surface area contributed by atoms with E-state index in [9.17, 15) is 0 Å².